The van der Waals surface area contributed by atoms with E-state index in [0.29, 0.717) is 11.2 Å². The molecule has 2 saturated heterocycles. The zero-order valence-electron chi connectivity index (χ0n) is 14.8. The molecule has 3 heterocycles. The highest BCUT2D eigenvalue weighted by molar-refractivity contribution is 7.19. The topological polar surface area (TPSA) is 57.7 Å². The Morgan fingerprint density at radius 2 is 1.85 bits per heavy atom. The third-order valence-corrected chi connectivity index (χ3v) is 6.05. The number of carbonyl (C=O) groups is 1. The van der Waals surface area contributed by atoms with Gasteiger partial charge in [-0.15, -0.1) is 0 Å². The van der Waals surface area contributed by atoms with Crippen LogP contribution in [0.25, 0.3) is 10.4 Å². The van der Waals surface area contributed by atoms with E-state index in [1.165, 1.54) is 11.3 Å². The molecule has 0 radical (unpaired) electrons. The maximum Gasteiger partial charge on any atom is 0.323 e. The highest BCUT2D eigenvalue weighted by atomic mass is 32.1. The summed E-state index contributed by atoms with van der Waals surface area (Å²) in [7, 11) is 0. The van der Waals surface area contributed by atoms with Crippen molar-refractivity contribution >= 4 is 22.5 Å². The molecule has 2 fully saturated rings. The number of ether oxygens (including phenoxy) is 1. The van der Waals surface area contributed by atoms with E-state index in [9.17, 15) is 4.79 Å². The predicted octanol–water partition coefficient (Wildman–Crippen LogP) is 3.14. The standard InChI is InChI=1S/C19H24N4O2S/c24-19(21-18-20-14-17(26-18)15-4-2-1-3-5-15)23-10-8-22(9-11-23)16-6-12-25-13-7-16/h1-5,14,16H,6-13H2,(H,20,21,24). The van der Waals surface area contributed by atoms with Crippen molar-refractivity contribution in [2.75, 3.05) is 44.7 Å². The van der Waals surface area contributed by atoms with Crippen molar-refractivity contribution in [1.29, 1.82) is 0 Å². The fraction of sp³-hybridized carbons (Fsp3) is 0.474. The molecule has 0 bridgehead atoms. The Morgan fingerprint density at radius 1 is 1.12 bits per heavy atom. The van der Waals surface area contributed by atoms with Crippen LogP contribution in [-0.4, -0.2) is 66.2 Å². The number of hydrogen-bond acceptors (Lipinski definition) is 5. The van der Waals surface area contributed by atoms with E-state index in [1.54, 1.807) is 0 Å². The number of nitrogens with zero attached hydrogens (tertiary/aromatic N) is 3. The zero-order chi connectivity index (χ0) is 17.8. The molecule has 4 rings (SSSR count). The van der Waals surface area contributed by atoms with Crippen molar-refractivity contribution in [2.24, 2.45) is 0 Å². The van der Waals surface area contributed by atoms with Crippen molar-refractivity contribution in [2.45, 2.75) is 18.9 Å². The molecule has 7 heteroatoms. The van der Waals surface area contributed by atoms with E-state index in [4.69, 9.17) is 4.74 Å². The number of amides is 2. The van der Waals surface area contributed by atoms with Gasteiger partial charge in [-0.2, -0.15) is 0 Å². The number of urea groups is 1. The molecule has 2 aliphatic rings. The van der Waals surface area contributed by atoms with Crippen molar-refractivity contribution in [1.82, 2.24) is 14.8 Å². The highest BCUT2D eigenvalue weighted by Crippen LogP contribution is 2.28. The molecule has 26 heavy (non-hydrogen) atoms. The Labute approximate surface area is 157 Å². The summed E-state index contributed by atoms with van der Waals surface area (Å²) in [5, 5.41) is 3.61. The van der Waals surface area contributed by atoms with Crippen LogP contribution >= 0.6 is 11.3 Å². The molecular formula is C19H24N4O2S. The SMILES string of the molecule is O=C(Nc1ncc(-c2ccccc2)s1)N1CCN(C2CCOCC2)CC1. The Bertz CT molecular complexity index is 722. The van der Waals surface area contributed by atoms with Gasteiger partial charge in [0.15, 0.2) is 5.13 Å². The van der Waals surface area contributed by atoms with Crippen LogP contribution in [0, 0.1) is 0 Å². The normalized spacial score (nSPS) is 19.5. The molecule has 2 amide bonds. The molecule has 1 N–H and O–H groups in total. The number of hydrogen-bond donors (Lipinski definition) is 1. The van der Waals surface area contributed by atoms with Crippen LogP contribution in [0.1, 0.15) is 12.8 Å². The molecule has 2 aromatic rings. The smallest absolute Gasteiger partial charge is 0.323 e. The molecule has 1 aromatic carbocycles. The number of nitrogens with one attached hydrogen (secondary N) is 1. The summed E-state index contributed by atoms with van der Waals surface area (Å²) < 4.78 is 5.44. The van der Waals surface area contributed by atoms with Gasteiger partial charge in [0.25, 0.3) is 0 Å². The monoisotopic (exact) mass is 372 g/mol. The fourth-order valence-corrected chi connectivity index (χ4v) is 4.39. The first-order valence-electron chi connectivity index (χ1n) is 9.18. The Morgan fingerprint density at radius 3 is 2.58 bits per heavy atom. The van der Waals surface area contributed by atoms with E-state index in [1.807, 2.05) is 29.3 Å². The first kappa shape index (κ1) is 17.5. The van der Waals surface area contributed by atoms with Gasteiger partial charge in [0.2, 0.25) is 0 Å². The van der Waals surface area contributed by atoms with E-state index >= 15 is 0 Å². The average Bonchev–Trinajstić information content (AvgIpc) is 3.18. The first-order valence-corrected chi connectivity index (χ1v) is 10.0. The minimum absolute atomic E-state index is 0.0504. The Balaban J connectivity index is 1.30. The van der Waals surface area contributed by atoms with E-state index in [2.05, 4.69) is 27.3 Å². The Kier molecular flexibility index (Phi) is 5.48. The lowest BCUT2D eigenvalue weighted by Crippen LogP contribution is -2.53. The van der Waals surface area contributed by atoms with Crippen LogP contribution < -0.4 is 5.32 Å². The van der Waals surface area contributed by atoms with Gasteiger partial charge in [-0.25, -0.2) is 9.78 Å². The van der Waals surface area contributed by atoms with Crippen LogP contribution in [-0.2, 0) is 4.74 Å². The second-order valence-electron chi connectivity index (χ2n) is 6.69. The van der Waals surface area contributed by atoms with E-state index in [0.717, 1.165) is 62.7 Å². The summed E-state index contributed by atoms with van der Waals surface area (Å²) in [6, 6.07) is 10.7. The van der Waals surface area contributed by atoms with Crippen LogP contribution in [0.15, 0.2) is 36.5 Å². The lowest BCUT2D eigenvalue weighted by Gasteiger charge is -2.40. The maximum absolute atomic E-state index is 12.5. The van der Waals surface area contributed by atoms with Gasteiger partial charge in [-0.05, 0) is 18.4 Å². The molecule has 1 aromatic heterocycles. The molecule has 0 aliphatic carbocycles. The van der Waals surface area contributed by atoms with Gasteiger partial charge in [-0.3, -0.25) is 10.2 Å². The van der Waals surface area contributed by atoms with E-state index in [-0.39, 0.29) is 6.03 Å². The van der Waals surface area contributed by atoms with Gasteiger partial charge >= 0.3 is 6.03 Å². The quantitative estimate of drug-likeness (QED) is 0.899. The zero-order valence-corrected chi connectivity index (χ0v) is 15.6. The number of anilines is 1. The summed E-state index contributed by atoms with van der Waals surface area (Å²) in [6.07, 6.45) is 4.03. The van der Waals surface area contributed by atoms with Crippen molar-refractivity contribution in [3.63, 3.8) is 0 Å². The summed E-state index contributed by atoms with van der Waals surface area (Å²) in [5.74, 6) is 0. The summed E-state index contributed by atoms with van der Waals surface area (Å²) in [6.45, 7) is 5.12. The van der Waals surface area contributed by atoms with Crippen LogP contribution in [0.2, 0.25) is 0 Å². The van der Waals surface area contributed by atoms with Crippen LogP contribution in [0.3, 0.4) is 0 Å². The highest BCUT2D eigenvalue weighted by Gasteiger charge is 2.27. The van der Waals surface area contributed by atoms with Gasteiger partial charge in [0.1, 0.15) is 0 Å². The molecule has 138 valence electrons. The summed E-state index contributed by atoms with van der Waals surface area (Å²) >= 11 is 1.51. The summed E-state index contributed by atoms with van der Waals surface area (Å²) in [4.78, 5) is 22.3. The first-order chi connectivity index (χ1) is 12.8. The minimum atomic E-state index is -0.0504. The van der Waals surface area contributed by atoms with E-state index < -0.39 is 0 Å². The third kappa shape index (κ3) is 4.06. The lowest BCUT2D eigenvalue weighted by molar-refractivity contribution is 0.0194. The maximum atomic E-state index is 12.5. The van der Waals surface area contributed by atoms with Crippen molar-refractivity contribution < 1.29 is 9.53 Å². The molecule has 0 atom stereocenters. The molecule has 0 unspecified atom stereocenters. The minimum Gasteiger partial charge on any atom is -0.381 e. The molecule has 2 aliphatic heterocycles. The number of aromatic nitrogens is 1. The lowest BCUT2D eigenvalue weighted by atomic mass is 10.1. The second-order valence-corrected chi connectivity index (χ2v) is 7.72. The number of benzene rings is 1. The Hall–Kier alpha value is -1.96. The fourth-order valence-electron chi connectivity index (χ4n) is 3.58. The van der Waals surface area contributed by atoms with Crippen LogP contribution in [0.4, 0.5) is 9.93 Å². The molecule has 0 saturated carbocycles. The number of piperazine rings is 1. The van der Waals surface area contributed by atoms with Gasteiger partial charge in [0, 0.05) is 51.6 Å². The van der Waals surface area contributed by atoms with Gasteiger partial charge in [0.05, 0.1) is 4.88 Å². The van der Waals surface area contributed by atoms with Gasteiger partial charge < -0.3 is 9.64 Å². The van der Waals surface area contributed by atoms with Crippen molar-refractivity contribution in [3.05, 3.63) is 36.5 Å². The third-order valence-electron chi connectivity index (χ3n) is 5.09. The second kappa shape index (κ2) is 8.16. The molecule has 6 nitrogen and oxygen atoms in total. The largest absolute Gasteiger partial charge is 0.381 e. The number of thiazole rings is 1. The van der Waals surface area contributed by atoms with Crippen LogP contribution in [0.5, 0.6) is 0 Å². The average molecular weight is 372 g/mol. The summed E-state index contributed by atoms with van der Waals surface area (Å²) in [5.41, 5.74) is 1.12. The number of rotatable bonds is 3. The molecular weight excluding hydrogens is 348 g/mol. The molecule has 0 spiro atoms. The number of carbonyl (C=O) groups excluding carboxylic acids is 1. The predicted molar refractivity (Wildman–Crippen MR) is 104 cm³/mol. The van der Waals surface area contributed by atoms with Gasteiger partial charge in [-0.1, -0.05) is 41.7 Å². The van der Waals surface area contributed by atoms with Crippen molar-refractivity contribution in [3.8, 4) is 10.4 Å².